The number of ether oxygens (including phenoxy) is 1. The summed E-state index contributed by atoms with van der Waals surface area (Å²) in [6, 6.07) is 7.12. The molecule has 2 rings (SSSR count). The summed E-state index contributed by atoms with van der Waals surface area (Å²) in [5, 5.41) is 3.47. The van der Waals surface area contributed by atoms with Gasteiger partial charge in [0.25, 0.3) is 0 Å². The zero-order valence-electron chi connectivity index (χ0n) is 12.4. The van der Waals surface area contributed by atoms with Gasteiger partial charge < -0.3 is 10.1 Å². The molecule has 0 bridgehead atoms. The monoisotopic (exact) mass is 262 g/mol. The Bertz CT molecular complexity index is 406. The number of benzene rings is 1. The maximum atomic E-state index is 5.48. The third kappa shape index (κ3) is 3.71. The maximum absolute atomic E-state index is 5.48. The first-order chi connectivity index (χ1) is 9.24. The van der Waals surface area contributed by atoms with Crippen molar-refractivity contribution in [2.45, 2.75) is 39.3 Å². The van der Waals surface area contributed by atoms with Crippen molar-refractivity contribution < 1.29 is 4.74 Å². The van der Waals surface area contributed by atoms with Crippen LogP contribution in [0.5, 0.6) is 5.75 Å². The van der Waals surface area contributed by atoms with Crippen LogP contribution in [0.1, 0.15) is 30.9 Å². The highest BCUT2D eigenvalue weighted by molar-refractivity contribution is 5.36. The standard InChI is InChI=1S/C16H26N2O/c1-4-17-11-15-6-5-9-18(15)12-14-10-13(2)7-8-16(14)19-3/h7-8,10,15,17H,4-6,9,11-12H2,1-3H3. The lowest BCUT2D eigenvalue weighted by atomic mass is 10.1. The van der Waals surface area contributed by atoms with Crippen molar-refractivity contribution in [2.24, 2.45) is 0 Å². The van der Waals surface area contributed by atoms with Gasteiger partial charge in [0.15, 0.2) is 0 Å². The topological polar surface area (TPSA) is 24.5 Å². The van der Waals surface area contributed by atoms with Gasteiger partial charge in [-0.15, -0.1) is 0 Å². The summed E-state index contributed by atoms with van der Waals surface area (Å²) in [5.74, 6) is 1.01. The first-order valence-electron chi connectivity index (χ1n) is 7.33. The fourth-order valence-corrected chi connectivity index (χ4v) is 2.90. The summed E-state index contributed by atoms with van der Waals surface area (Å²) >= 11 is 0. The summed E-state index contributed by atoms with van der Waals surface area (Å²) in [4.78, 5) is 2.58. The Hall–Kier alpha value is -1.06. The molecule has 0 spiro atoms. The Kier molecular flexibility index (Phi) is 5.23. The molecule has 1 aromatic rings. The van der Waals surface area contributed by atoms with Crippen molar-refractivity contribution in [2.75, 3.05) is 26.7 Å². The molecule has 1 aliphatic heterocycles. The molecule has 0 radical (unpaired) electrons. The summed E-state index contributed by atoms with van der Waals surface area (Å²) in [6.07, 6.45) is 2.62. The molecule has 106 valence electrons. The number of rotatable bonds is 6. The molecule has 19 heavy (non-hydrogen) atoms. The SMILES string of the molecule is CCNCC1CCCN1Cc1cc(C)ccc1OC. The molecule has 0 aliphatic carbocycles. The molecule has 1 unspecified atom stereocenters. The van der Waals surface area contributed by atoms with Crippen molar-refractivity contribution in [1.29, 1.82) is 0 Å². The number of nitrogens with one attached hydrogen (secondary N) is 1. The number of aryl methyl sites for hydroxylation is 1. The smallest absolute Gasteiger partial charge is 0.123 e. The molecule has 1 fully saturated rings. The third-order valence-electron chi connectivity index (χ3n) is 3.94. The van der Waals surface area contributed by atoms with Gasteiger partial charge in [0.2, 0.25) is 0 Å². The van der Waals surface area contributed by atoms with Crippen LogP contribution in [-0.2, 0) is 6.54 Å². The van der Waals surface area contributed by atoms with E-state index in [2.05, 4.69) is 42.3 Å². The van der Waals surface area contributed by atoms with Gasteiger partial charge in [0.05, 0.1) is 7.11 Å². The second kappa shape index (κ2) is 6.92. The van der Waals surface area contributed by atoms with Crippen LogP contribution in [0.15, 0.2) is 18.2 Å². The third-order valence-corrected chi connectivity index (χ3v) is 3.94. The minimum absolute atomic E-state index is 0.671. The number of likely N-dealkylation sites (N-methyl/N-ethyl adjacent to an activating group) is 1. The highest BCUT2D eigenvalue weighted by Crippen LogP contribution is 2.25. The van der Waals surface area contributed by atoms with Gasteiger partial charge in [-0.3, -0.25) is 4.90 Å². The van der Waals surface area contributed by atoms with E-state index in [4.69, 9.17) is 4.74 Å². The Morgan fingerprint density at radius 1 is 1.42 bits per heavy atom. The zero-order valence-corrected chi connectivity index (χ0v) is 12.4. The molecular formula is C16H26N2O. The second-order valence-corrected chi connectivity index (χ2v) is 5.39. The predicted molar refractivity (Wildman–Crippen MR) is 79.7 cm³/mol. The molecule has 1 N–H and O–H groups in total. The van der Waals surface area contributed by atoms with E-state index in [1.54, 1.807) is 7.11 Å². The van der Waals surface area contributed by atoms with Crippen molar-refractivity contribution in [1.82, 2.24) is 10.2 Å². The largest absolute Gasteiger partial charge is 0.496 e. The summed E-state index contributed by atoms with van der Waals surface area (Å²) < 4.78 is 5.48. The maximum Gasteiger partial charge on any atom is 0.123 e. The fraction of sp³-hybridized carbons (Fsp3) is 0.625. The highest BCUT2D eigenvalue weighted by atomic mass is 16.5. The average Bonchev–Trinajstić information content (AvgIpc) is 2.84. The summed E-state index contributed by atoms with van der Waals surface area (Å²) in [6.45, 7) is 8.67. The van der Waals surface area contributed by atoms with Gasteiger partial charge in [0.1, 0.15) is 5.75 Å². The van der Waals surface area contributed by atoms with Gasteiger partial charge >= 0.3 is 0 Å². The summed E-state index contributed by atoms with van der Waals surface area (Å²) in [7, 11) is 1.76. The van der Waals surface area contributed by atoms with E-state index >= 15 is 0 Å². The summed E-state index contributed by atoms with van der Waals surface area (Å²) in [5.41, 5.74) is 2.61. The van der Waals surface area contributed by atoms with Crippen molar-refractivity contribution in [3.05, 3.63) is 29.3 Å². The van der Waals surface area contributed by atoms with E-state index in [1.165, 1.54) is 30.5 Å². The number of hydrogen-bond donors (Lipinski definition) is 1. The van der Waals surface area contributed by atoms with Crippen LogP contribution >= 0.6 is 0 Å². The number of nitrogens with zero attached hydrogens (tertiary/aromatic N) is 1. The molecule has 0 aromatic heterocycles. The van der Waals surface area contributed by atoms with E-state index in [-0.39, 0.29) is 0 Å². The van der Waals surface area contributed by atoms with Gasteiger partial charge in [-0.2, -0.15) is 0 Å². The molecule has 1 aliphatic rings. The minimum atomic E-state index is 0.671. The van der Waals surface area contributed by atoms with E-state index in [0.717, 1.165) is 25.4 Å². The van der Waals surface area contributed by atoms with Crippen LogP contribution < -0.4 is 10.1 Å². The number of methoxy groups -OCH3 is 1. The normalized spacial score (nSPS) is 19.8. The highest BCUT2D eigenvalue weighted by Gasteiger charge is 2.24. The Morgan fingerprint density at radius 2 is 2.26 bits per heavy atom. The van der Waals surface area contributed by atoms with Crippen LogP contribution in [0.4, 0.5) is 0 Å². The van der Waals surface area contributed by atoms with E-state index in [1.807, 2.05) is 0 Å². The molecule has 1 aromatic carbocycles. The van der Waals surface area contributed by atoms with Gasteiger partial charge in [0, 0.05) is 24.7 Å². The van der Waals surface area contributed by atoms with Crippen LogP contribution in [0.3, 0.4) is 0 Å². The van der Waals surface area contributed by atoms with Gasteiger partial charge in [-0.05, 0) is 38.9 Å². The van der Waals surface area contributed by atoms with Crippen LogP contribution in [-0.4, -0.2) is 37.7 Å². The molecule has 1 heterocycles. The molecule has 1 saturated heterocycles. The first-order valence-corrected chi connectivity index (χ1v) is 7.33. The molecule has 0 amide bonds. The predicted octanol–water partition coefficient (Wildman–Crippen LogP) is 2.58. The number of hydrogen-bond acceptors (Lipinski definition) is 3. The quantitative estimate of drug-likeness (QED) is 0.853. The van der Waals surface area contributed by atoms with Crippen molar-refractivity contribution in [3.8, 4) is 5.75 Å². The zero-order chi connectivity index (χ0) is 13.7. The van der Waals surface area contributed by atoms with E-state index in [9.17, 15) is 0 Å². The van der Waals surface area contributed by atoms with Crippen molar-refractivity contribution >= 4 is 0 Å². The fourth-order valence-electron chi connectivity index (χ4n) is 2.90. The Morgan fingerprint density at radius 3 is 3.00 bits per heavy atom. The molecule has 3 nitrogen and oxygen atoms in total. The number of likely N-dealkylation sites (tertiary alicyclic amines) is 1. The van der Waals surface area contributed by atoms with E-state index in [0.29, 0.717) is 6.04 Å². The minimum Gasteiger partial charge on any atom is -0.496 e. The molecule has 1 atom stereocenters. The molecule has 0 saturated carbocycles. The first kappa shape index (κ1) is 14.4. The lowest BCUT2D eigenvalue weighted by Gasteiger charge is -2.25. The average molecular weight is 262 g/mol. The lowest BCUT2D eigenvalue weighted by molar-refractivity contribution is 0.236. The van der Waals surface area contributed by atoms with E-state index < -0.39 is 0 Å². The Labute approximate surface area is 116 Å². The van der Waals surface area contributed by atoms with Gasteiger partial charge in [-0.1, -0.05) is 24.6 Å². The van der Waals surface area contributed by atoms with Crippen LogP contribution in [0.25, 0.3) is 0 Å². The van der Waals surface area contributed by atoms with Crippen molar-refractivity contribution in [3.63, 3.8) is 0 Å². The van der Waals surface area contributed by atoms with Gasteiger partial charge in [-0.25, -0.2) is 0 Å². The Balaban J connectivity index is 2.05. The lowest BCUT2D eigenvalue weighted by Crippen LogP contribution is -2.37. The van der Waals surface area contributed by atoms with Crippen LogP contribution in [0.2, 0.25) is 0 Å². The molecule has 3 heteroatoms. The van der Waals surface area contributed by atoms with Crippen LogP contribution in [0, 0.1) is 6.92 Å². The second-order valence-electron chi connectivity index (χ2n) is 5.39. The molecular weight excluding hydrogens is 236 g/mol.